The Hall–Kier alpha value is -4.33. The number of benzene rings is 3. The van der Waals surface area contributed by atoms with Crippen molar-refractivity contribution in [3.8, 4) is 33.6 Å². The van der Waals surface area contributed by atoms with Crippen LogP contribution in [0.1, 0.15) is 31.4 Å². The van der Waals surface area contributed by atoms with Crippen LogP contribution in [0.25, 0.3) is 10.6 Å². The number of alkyl halides is 6. The van der Waals surface area contributed by atoms with E-state index in [9.17, 15) is 31.1 Å². The molecule has 0 saturated heterocycles. The standard InChI is InChI=1S/C28H23F6N3O4S/c1-3-39-24(38)10-16(2)35-26-37-36-25(42-26)17-11-22(40-20-8-4-6-18(13-20)27(29,30)31)15-23(12-17)41-21-9-5-7-19(14-21)28(32,33)34/h4-9,11-16H,3,10H2,1-2H3,(H,35,37). The van der Waals surface area contributed by atoms with Crippen molar-refractivity contribution < 1.29 is 45.3 Å². The van der Waals surface area contributed by atoms with Crippen molar-refractivity contribution in [1.29, 1.82) is 0 Å². The van der Waals surface area contributed by atoms with E-state index in [-0.39, 0.29) is 42.1 Å². The van der Waals surface area contributed by atoms with Gasteiger partial charge < -0.3 is 19.5 Å². The molecule has 0 radical (unpaired) electrons. The molecule has 0 saturated carbocycles. The van der Waals surface area contributed by atoms with Crippen LogP contribution in [0.4, 0.5) is 31.5 Å². The third-order valence-corrected chi connectivity index (χ3v) is 6.40. The Balaban J connectivity index is 1.65. The second-order valence-electron chi connectivity index (χ2n) is 8.92. The summed E-state index contributed by atoms with van der Waals surface area (Å²) in [5.41, 5.74) is -1.48. The molecule has 1 aromatic heterocycles. The first-order chi connectivity index (χ1) is 19.8. The summed E-state index contributed by atoms with van der Waals surface area (Å²) in [5.74, 6) is -0.569. The highest BCUT2D eigenvalue weighted by Crippen LogP contribution is 2.39. The van der Waals surface area contributed by atoms with Crippen molar-refractivity contribution in [3.63, 3.8) is 0 Å². The highest BCUT2D eigenvalue weighted by Gasteiger charge is 2.31. The first-order valence-corrected chi connectivity index (χ1v) is 13.2. The third-order valence-electron chi connectivity index (χ3n) is 5.49. The van der Waals surface area contributed by atoms with E-state index in [1.54, 1.807) is 13.8 Å². The van der Waals surface area contributed by atoms with Gasteiger partial charge >= 0.3 is 18.3 Å². The fraction of sp³-hybridized carbons (Fsp3) is 0.250. The highest BCUT2D eigenvalue weighted by molar-refractivity contribution is 7.18. The van der Waals surface area contributed by atoms with Crippen LogP contribution in [0.3, 0.4) is 0 Å². The van der Waals surface area contributed by atoms with Gasteiger partial charge in [0.05, 0.1) is 24.2 Å². The van der Waals surface area contributed by atoms with Crippen LogP contribution in [0.5, 0.6) is 23.0 Å². The Morgan fingerprint density at radius 1 is 0.833 bits per heavy atom. The lowest BCUT2D eigenvalue weighted by molar-refractivity contribution is -0.143. The van der Waals surface area contributed by atoms with E-state index in [0.29, 0.717) is 15.7 Å². The molecule has 3 aromatic carbocycles. The molecular weight excluding hydrogens is 588 g/mol. The summed E-state index contributed by atoms with van der Waals surface area (Å²) in [6.45, 7) is 3.70. The van der Waals surface area contributed by atoms with Gasteiger partial charge in [0.1, 0.15) is 28.0 Å². The summed E-state index contributed by atoms with van der Waals surface area (Å²) in [6.07, 6.45) is -9.11. The predicted octanol–water partition coefficient (Wildman–Crippen LogP) is 8.58. The van der Waals surface area contributed by atoms with E-state index in [4.69, 9.17) is 14.2 Å². The van der Waals surface area contributed by atoms with Gasteiger partial charge in [-0.15, -0.1) is 10.2 Å². The number of carbonyl (C=O) groups excluding carboxylic acids is 1. The molecule has 222 valence electrons. The second-order valence-corrected chi connectivity index (χ2v) is 9.89. The van der Waals surface area contributed by atoms with Crippen molar-refractivity contribution in [2.24, 2.45) is 0 Å². The van der Waals surface area contributed by atoms with Gasteiger partial charge in [0.15, 0.2) is 0 Å². The zero-order chi connectivity index (χ0) is 30.5. The third kappa shape index (κ3) is 8.35. The predicted molar refractivity (Wildman–Crippen MR) is 143 cm³/mol. The molecule has 0 amide bonds. The van der Waals surface area contributed by atoms with Gasteiger partial charge in [0.25, 0.3) is 0 Å². The zero-order valence-electron chi connectivity index (χ0n) is 22.0. The van der Waals surface area contributed by atoms with Gasteiger partial charge in [-0.25, -0.2) is 0 Å². The van der Waals surface area contributed by atoms with Crippen molar-refractivity contribution >= 4 is 22.4 Å². The van der Waals surface area contributed by atoms with Crippen molar-refractivity contribution in [2.75, 3.05) is 11.9 Å². The number of esters is 1. The van der Waals surface area contributed by atoms with E-state index in [1.807, 2.05) is 0 Å². The number of nitrogens with zero attached hydrogens (tertiary/aromatic N) is 2. The average molecular weight is 612 g/mol. The van der Waals surface area contributed by atoms with Crippen LogP contribution >= 0.6 is 11.3 Å². The van der Waals surface area contributed by atoms with E-state index in [1.165, 1.54) is 42.5 Å². The summed E-state index contributed by atoms with van der Waals surface area (Å²) >= 11 is 1.10. The summed E-state index contributed by atoms with van der Waals surface area (Å²) in [7, 11) is 0. The van der Waals surface area contributed by atoms with Gasteiger partial charge in [-0.2, -0.15) is 26.3 Å². The normalized spacial score (nSPS) is 12.5. The van der Waals surface area contributed by atoms with E-state index in [2.05, 4.69) is 15.5 Å². The number of carbonyl (C=O) groups is 1. The molecule has 0 aliphatic rings. The molecule has 0 bridgehead atoms. The Morgan fingerprint density at radius 3 is 1.88 bits per heavy atom. The smallest absolute Gasteiger partial charge is 0.416 e. The molecule has 4 rings (SSSR count). The lowest BCUT2D eigenvalue weighted by Gasteiger charge is -2.14. The van der Waals surface area contributed by atoms with Crippen LogP contribution in [0.15, 0.2) is 66.7 Å². The Bertz CT molecular complexity index is 1460. The van der Waals surface area contributed by atoms with Crippen LogP contribution < -0.4 is 14.8 Å². The fourth-order valence-corrected chi connectivity index (χ4v) is 4.53. The Morgan fingerprint density at radius 2 is 1.38 bits per heavy atom. The van der Waals surface area contributed by atoms with Crippen LogP contribution in [0, 0.1) is 0 Å². The lowest BCUT2D eigenvalue weighted by atomic mass is 10.2. The summed E-state index contributed by atoms with van der Waals surface area (Å²) in [4.78, 5) is 11.7. The van der Waals surface area contributed by atoms with Gasteiger partial charge in [-0.3, -0.25) is 4.79 Å². The van der Waals surface area contributed by atoms with Gasteiger partial charge in [-0.05, 0) is 62.4 Å². The topological polar surface area (TPSA) is 82.6 Å². The SMILES string of the molecule is CCOC(=O)CC(C)Nc1nnc(-c2cc(Oc3cccc(C(F)(F)F)c3)cc(Oc3cccc(C(F)(F)F)c3)c2)s1. The number of halogens is 6. The van der Waals surface area contributed by atoms with Crippen LogP contribution in [0.2, 0.25) is 0 Å². The number of aromatic nitrogens is 2. The zero-order valence-corrected chi connectivity index (χ0v) is 22.9. The maximum atomic E-state index is 13.2. The number of rotatable bonds is 10. The van der Waals surface area contributed by atoms with E-state index in [0.717, 1.165) is 35.6 Å². The van der Waals surface area contributed by atoms with E-state index >= 15 is 0 Å². The quantitative estimate of drug-likeness (QED) is 0.142. The average Bonchev–Trinajstić information content (AvgIpc) is 3.36. The first kappa shape index (κ1) is 30.6. The second kappa shape index (κ2) is 12.7. The van der Waals surface area contributed by atoms with Gasteiger partial charge in [0.2, 0.25) is 5.13 Å². The first-order valence-electron chi connectivity index (χ1n) is 12.4. The van der Waals surface area contributed by atoms with Gasteiger partial charge in [0, 0.05) is 17.7 Å². The number of ether oxygens (including phenoxy) is 3. The maximum absolute atomic E-state index is 13.2. The molecule has 7 nitrogen and oxygen atoms in total. The molecule has 1 atom stereocenters. The fourth-order valence-electron chi connectivity index (χ4n) is 3.69. The lowest BCUT2D eigenvalue weighted by Crippen LogP contribution is -2.20. The molecule has 1 N–H and O–H groups in total. The summed E-state index contributed by atoms with van der Waals surface area (Å²) in [6, 6.07) is 12.4. The monoisotopic (exact) mass is 611 g/mol. The van der Waals surface area contributed by atoms with Gasteiger partial charge in [-0.1, -0.05) is 23.5 Å². The van der Waals surface area contributed by atoms with Crippen LogP contribution in [-0.2, 0) is 21.9 Å². The molecule has 0 fully saturated rings. The molecule has 42 heavy (non-hydrogen) atoms. The number of nitrogens with one attached hydrogen (secondary N) is 1. The van der Waals surface area contributed by atoms with Crippen molar-refractivity contribution in [1.82, 2.24) is 10.2 Å². The molecule has 1 unspecified atom stereocenters. The number of hydrogen-bond donors (Lipinski definition) is 1. The van der Waals surface area contributed by atoms with Crippen molar-refractivity contribution in [3.05, 3.63) is 77.9 Å². The Kier molecular flexibility index (Phi) is 9.24. The Labute approximate surface area is 240 Å². The molecule has 14 heteroatoms. The minimum absolute atomic E-state index is 0.0363. The number of hydrogen-bond acceptors (Lipinski definition) is 8. The molecule has 0 spiro atoms. The van der Waals surface area contributed by atoms with Crippen LogP contribution in [-0.4, -0.2) is 28.8 Å². The van der Waals surface area contributed by atoms with Crippen molar-refractivity contribution in [2.45, 2.75) is 38.7 Å². The molecular formula is C28H23F6N3O4S. The maximum Gasteiger partial charge on any atom is 0.416 e. The molecule has 0 aliphatic heterocycles. The van der Waals surface area contributed by atoms with E-state index < -0.39 is 29.4 Å². The summed E-state index contributed by atoms with van der Waals surface area (Å²) in [5, 5.41) is 11.9. The summed E-state index contributed by atoms with van der Waals surface area (Å²) < 4.78 is 95.6. The molecule has 4 aromatic rings. The number of anilines is 1. The largest absolute Gasteiger partial charge is 0.466 e. The molecule has 1 heterocycles. The molecule has 0 aliphatic carbocycles. The highest BCUT2D eigenvalue weighted by atomic mass is 32.1. The minimum atomic E-state index is -4.60. The minimum Gasteiger partial charge on any atom is -0.466 e.